The summed E-state index contributed by atoms with van der Waals surface area (Å²) in [5.74, 6) is -0.290. The SMILES string of the molecule is Cc1ccc2nc(-c3cccs3)cc(C(=O)Nc3cccc(NS(C)(=O)=O)c3)c2c1. The van der Waals surface area contributed by atoms with E-state index in [1.165, 1.54) is 0 Å². The van der Waals surface area contributed by atoms with Crippen LogP contribution in [0, 0.1) is 6.92 Å². The molecule has 2 aromatic carbocycles. The minimum Gasteiger partial charge on any atom is -0.322 e. The summed E-state index contributed by atoms with van der Waals surface area (Å²) in [6, 6.07) is 18.1. The Morgan fingerprint density at radius 1 is 1.00 bits per heavy atom. The fourth-order valence-corrected chi connectivity index (χ4v) is 4.39. The van der Waals surface area contributed by atoms with Crippen molar-refractivity contribution in [3.63, 3.8) is 0 Å². The third-order valence-corrected chi connectivity index (χ3v) is 5.90. The number of benzene rings is 2. The van der Waals surface area contributed by atoms with E-state index in [1.807, 2.05) is 42.6 Å². The average Bonchev–Trinajstić information content (AvgIpc) is 3.21. The molecule has 1 amide bonds. The lowest BCUT2D eigenvalue weighted by Gasteiger charge is -2.12. The van der Waals surface area contributed by atoms with Gasteiger partial charge in [-0.1, -0.05) is 23.8 Å². The molecule has 0 aliphatic carbocycles. The van der Waals surface area contributed by atoms with Crippen molar-refractivity contribution in [2.45, 2.75) is 6.92 Å². The van der Waals surface area contributed by atoms with E-state index >= 15 is 0 Å². The number of pyridine rings is 1. The van der Waals surface area contributed by atoms with E-state index in [9.17, 15) is 13.2 Å². The first-order chi connectivity index (χ1) is 14.3. The molecule has 152 valence electrons. The topological polar surface area (TPSA) is 88.2 Å². The van der Waals surface area contributed by atoms with Crippen molar-refractivity contribution in [2.75, 3.05) is 16.3 Å². The maximum atomic E-state index is 13.2. The Hall–Kier alpha value is -3.23. The van der Waals surface area contributed by atoms with E-state index < -0.39 is 10.0 Å². The van der Waals surface area contributed by atoms with Crippen LogP contribution in [0.5, 0.6) is 0 Å². The minimum atomic E-state index is -3.41. The van der Waals surface area contributed by atoms with E-state index in [1.54, 1.807) is 41.7 Å². The Labute approximate surface area is 178 Å². The van der Waals surface area contributed by atoms with Crippen LogP contribution in [0.2, 0.25) is 0 Å². The highest BCUT2D eigenvalue weighted by molar-refractivity contribution is 7.92. The second-order valence-electron chi connectivity index (χ2n) is 6.96. The number of rotatable bonds is 5. The zero-order chi connectivity index (χ0) is 21.3. The molecular weight excluding hydrogens is 418 g/mol. The largest absolute Gasteiger partial charge is 0.322 e. The molecule has 0 fully saturated rings. The molecule has 4 aromatic rings. The summed E-state index contributed by atoms with van der Waals surface area (Å²) in [4.78, 5) is 18.9. The predicted octanol–water partition coefficient (Wildman–Crippen LogP) is 4.90. The number of nitrogens with zero attached hydrogens (tertiary/aromatic N) is 1. The lowest BCUT2D eigenvalue weighted by molar-refractivity contribution is 0.102. The van der Waals surface area contributed by atoms with Crippen LogP contribution < -0.4 is 10.0 Å². The Balaban J connectivity index is 1.74. The van der Waals surface area contributed by atoms with Crippen LogP contribution in [-0.2, 0) is 10.0 Å². The Morgan fingerprint density at radius 3 is 2.53 bits per heavy atom. The number of hydrogen-bond acceptors (Lipinski definition) is 5. The highest BCUT2D eigenvalue weighted by atomic mass is 32.2. The Bertz CT molecular complexity index is 1350. The number of fused-ring (bicyclic) bond motifs is 1. The quantitative estimate of drug-likeness (QED) is 0.465. The fraction of sp³-hybridized carbons (Fsp3) is 0.0909. The standard InChI is InChI=1S/C22H19N3O3S2/c1-14-8-9-19-17(11-14)18(13-20(24-19)21-7-4-10-29-21)22(26)23-15-5-3-6-16(12-15)25-30(2,27)28/h3-13,25H,1-2H3,(H,23,26). The van der Waals surface area contributed by atoms with Crippen LogP contribution >= 0.6 is 11.3 Å². The van der Waals surface area contributed by atoms with Gasteiger partial charge in [0.05, 0.1) is 33.6 Å². The zero-order valence-corrected chi connectivity index (χ0v) is 18.0. The number of hydrogen-bond donors (Lipinski definition) is 2. The van der Waals surface area contributed by atoms with Gasteiger partial charge in [-0.05, 0) is 54.8 Å². The number of aromatic nitrogens is 1. The van der Waals surface area contributed by atoms with Gasteiger partial charge >= 0.3 is 0 Å². The maximum Gasteiger partial charge on any atom is 0.256 e. The van der Waals surface area contributed by atoms with Gasteiger partial charge in [-0.25, -0.2) is 13.4 Å². The number of thiophene rings is 1. The van der Waals surface area contributed by atoms with Crippen LogP contribution in [0.1, 0.15) is 15.9 Å². The average molecular weight is 438 g/mol. The fourth-order valence-electron chi connectivity index (χ4n) is 3.15. The molecule has 2 aromatic heterocycles. The van der Waals surface area contributed by atoms with Gasteiger partial charge in [0.15, 0.2) is 0 Å². The molecule has 2 heterocycles. The number of carbonyl (C=O) groups excluding carboxylic acids is 1. The summed E-state index contributed by atoms with van der Waals surface area (Å²) in [5, 5.41) is 5.60. The third-order valence-electron chi connectivity index (χ3n) is 4.41. The molecule has 0 unspecified atom stereocenters. The van der Waals surface area contributed by atoms with Crippen LogP contribution in [-0.4, -0.2) is 25.6 Å². The number of sulfonamides is 1. The molecule has 30 heavy (non-hydrogen) atoms. The van der Waals surface area contributed by atoms with Gasteiger partial charge in [0.2, 0.25) is 10.0 Å². The molecule has 0 aliphatic rings. The highest BCUT2D eigenvalue weighted by Gasteiger charge is 2.15. The van der Waals surface area contributed by atoms with Crippen molar-refractivity contribution in [1.29, 1.82) is 0 Å². The van der Waals surface area contributed by atoms with Crippen LogP contribution in [0.3, 0.4) is 0 Å². The predicted molar refractivity (Wildman–Crippen MR) is 123 cm³/mol. The molecule has 0 aliphatic heterocycles. The number of carbonyl (C=O) groups is 1. The maximum absolute atomic E-state index is 13.2. The van der Waals surface area contributed by atoms with E-state index in [-0.39, 0.29) is 5.91 Å². The summed E-state index contributed by atoms with van der Waals surface area (Å²) >= 11 is 1.56. The van der Waals surface area contributed by atoms with Crippen molar-refractivity contribution in [3.8, 4) is 10.6 Å². The van der Waals surface area contributed by atoms with Crippen molar-refractivity contribution in [2.24, 2.45) is 0 Å². The molecule has 0 bridgehead atoms. The minimum absolute atomic E-state index is 0.290. The number of aryl methyl sites for hydroxylation is 1. The summed E-state index contributed by atoms with van der Waals surface area (Å²) in [6.07, 6.45) is 1.08. The Kier molecular flexibility index (Phi) is 5.27. The summed E-state index contributed by atoms with van der Waals surface area (Å²) in [7, 11) is -3.41. The first-order valence-corrected chi connectivity index (χ1v) is 11.9. The van der Waals surface area contributed by atoms with Crippen LogP contribution in [0.15, 0.2) is 66.0 Å². The van der Waals surface area contributed by atoms with Gasteiger partial charge in [0.1, 0.15) is 0 Å². The van der Waals surface area contributed by atoms with Gasteiger partial charge in [-0.15, -0.1) is 11.3 Å². The number of nitrogens with one attached hydrogen (secondary N) is 2. The molecule has 8 heteroatoms. The molecule has 0 atom stereocenters. The molecule has 0 saturated heterocycles. The van der Waals surface area contributed by atoms with Gasteiger partial charge in [0, 0.05) is 11.1 Å². The second-order valence-corrected chi connectivity index (χ2v) is 9.66. The molecule has 4 rings (SSSR count). The lowest BCUT2D eigenvalue weighted by Crippen LogP contribution is -2.14. The second kappa shape index (κ2) is 7.89. The molecule has 2 N–H and O–H groups in total. The van der Waals surface area contributed by atoms with E-state index in [0.717, 1.165) is 33.3 Å². The summed E-state index contributed by atoms with van der Waals surface area (Å²) in [5.41, 5.74) is 3.88. The highest BCUT2D eigenvalue weighted by Crippen LogP contribution is 2.29. The zero-order valence-electron chi connectivity index (χ0n) is 16.3. The smallest absolute Gasteiger partial charge is 0.256 e. The Morgan fingerprint density at radius 2 is 1.80 bits per heavy atom. The van der Waals surface area contributed by atoms with Gasteiger partial charge in [0.25, 0.3) is 5.91 Å². The molecule has 0 saturated carbocycles. The monoisotopic (exact) mass is 437 g/mol. The van der Waals surface area contributed by atoms with Gasteiger partial charge < -0.3 is 5.32 Å². The molecule has 6 nitrogen and oxygen atoms in total. The summed E-state index contributed by atoms with van der Waals surface area (Å²) < 4.78 is 25.4. The van der Waals surface area contributed by atoms with Crippen molar-refractivity contribution >= 4 is 49.5 Å². The van der Waals surface area contributed by atoms with Gasteiger partial charge in [-0.3, -0.25) is 9.52 Å². The normalized spacial score (nSPS) is 11.4. The number of amides is 1. The van der Waals surface area contributed by atoms with Crippen LogP contribution in [0.25, 0.3) is 21.5 Å². The van der Waals surface area contributed by atoms with Gasteiger partial charge in [-0.2, -0.15) is 0 Å². The first kappa shape index (κ1) is 20.1. The third kappa shape index (κ3) is 4.50. The van der Waals surface area contributed by atoms with E-state index in [2.05, 4.69) is 10.0 Å². The van der Waals surface area contributed by atoms with Crippen molar-refractivity contribution in [1.82, 2.24) is 4.98 Å². The van der Waals surface area contributed by atoms with E-state index in [4.69, 9.17) is 4.98 Å². The number of anilines is 2. The van der Waals surface area contributed by atoms with Crippen molar-refractivity contribution in [3.05, 3.63) is 77.2 Å². The molecule has 0 spiro atoms. The van der Waals surface area contributed by atoms with Crippen molar-refractivity contribution < 1.29 is 13.2 Å². The molecule has 0 radical (unpaired) electrons. The molecular formula is C22H19N3O3S2. The lowest BCUT2D eigenvalue weighted by atomic mass is 10.0. The summed E-state index contributed by atoms with van der Waals surface area (Å²) in [6.45, 7) is 1.97. The van der Waals surface area contributed by atoms with Crippen LogP contribution in [0.4, 0.5) is 11.4 Å². The first-order valence-electron chi connectivity index (χ1n) is 9.13. The van der Waals surface area contributed by atoms with E-state index in [0.29, 0.717) is 16.9 Å².